The highest BCUT2D eigenvalue weighted by molar-refractivity contribution is 5.32. The van der Waals surface area contributed by atoms with Gasteiger partial charge in [0.05, 0.1) is 6.61 Å². The van der Waals surface area contributed by atoms with Crippen molar-refractivity contribution in [3.05, 3.63) is 23.9 Å². The lowest BCUT2D eigenvalue weighted by molar-refractivity contribution is 0.133. The Kier molecular flexibility index (Phi) is 4.35. The van der Waals surface area contributed by atoms with E-state index in [0.29, 0.717) is 19.0 Å². The molecule has 0 saturated carbocycles. The van der Waals surface area contributed by atoms with Crippen molar-refractivity contribution in [2.45, 2.75) is 19.4 Å². The van der Waals surface area contributed by atoms with Crippen LogP contribution >= 0.6 is 0 Å². The molecule has 1 heterocycles. The Morgan fingerprint density at radius 2 is 2.36 bits per heavy atom. The van der Waals surface area contributed by atoms with Crippen LogP contribution in [0.1, 0.15) is 12.5 Å². The number of aromatic nitrogens is 1. The van der Waals surface area contributed by atoms with Gasteiger partial charge in [0.1, 0.15) is 5.82 Å². The Labute approximate surface area is 84.3 Å². The van der Waals surface area contributed by atoms with Crippen LogP contribution in [0.15, 0.2) is 18.3 Å². The fraction of sp³-hybridized carbons (Fsp3) is 0.500. The molecule has 14 heavy (non-hydrogen) atoms. The van der Waals surface area contributed by atoms with Gasteiger partial charge in [-0.3, -0.25) is 0 Å². The molecule has 4 nitrogen and oxygen atoms in total. The monoisotopic (exact) mass is 195 g/mol. The number of pyridine rings is 1. The lowest BCUT2D eigenvalue weighted by Crippen LogP contribution is -2.28. The normalized spacial score (nSPS) is 12.7. The van der Waals surface area contributed by atoms with Crippen LogP contribution in [0.5, 0.6) is 0 Å². The van der Waals surface area contributed by atoms with E-state index in [9.17, 15) is 0 Å². The lowest BCUT2D eigenvalue weighted by Gasteiger charge is -2.11. The molecule has 1 aromatic rings. The largest absolute Gasteiger partial charge is 0.384 e. The van der Waals surface area contributed by atoms with E-state index >= 15 is 0 Å². The quantitative estimate of drug-likeness (QED) is 0.720. The average molecular weight is 195 g/mol. The van der Waals surface area contributed by atoms with Crippen LogP contribution < -0.4 is 11.5 Å². The van der Waals surface area contributed by atoms with Crippen LogP contribution in [0.25, 0.3) is 0 Å². The number of nitrogens with two attached hydrogens (primary N) is 2. The van der Waals surface area contributed by atoms with Gasteiger partial charge in [0.25, 0.3) is 0 Å². The molecule has 0 spiro atoms. The Morgan fingerprint density at radius 1 is 1.57 bits per heavy atom. The first-order valence-corrected chi connectivity index (χ1v) is 4.76. The molecular weight excluding hydrogens is 178 g/mol. The predicted octanol–water partition coefficient (Wildman–Crippen LogP) is 0.570. The van der Waals surface area contributed by atoms with Gasteiger partial charge in [-0.25, -0.2) is 4.98 Å². The second-order valence-electron chi connectivity index (χ2n) is 3.21. The summed E-state index contributed by atoms with van der Waals surface area (Å²) in [5.41, 5.74) is 12.5. The second-order valence-corrected chi connectivity index (χ2v) is 3.21. The molecule has 0 aromatic carbocycles. The minimum atomic E-state index is 0.0248. The highest BCUT2D eigenvalue weighted by atomic mass is 16.5. The van der Waals surface area contributed by atoms with Gasteiger partial charge in [-0.15, -0.1) is 0 Å². The van der Waals surface area contributed by atoms with E-state index in [4.69, 9.17) is 16.2 Å². The lowest BCUT2D eigenvalue weighted by atomic mass is 10.1. The third-order valence-electron chi connectivity index (χ3n) is 1.88. The number of ether oxygens (including phenoxy) is 1. The molecule has 0 aliphatic heterocycles. The van der Waals surface area contributed by atoms with E-state index < -0.39 is 0 Å². The minimum Gasteiger partial charge on any atom is -0.384 e. The zero-order chi connectivity index (χ0) is 10.4. The molecule has 1 atom stereocenters. The maximum absolute atomic E-state index is 5.86. The summed E-state index contributed by atoms with van der Waals surface area (Å²) in [6.45, 7) is 3.24. The van der Waals surface area contributed by atoms with Crippen LogP contribution in [-0.4, -0.2) is 24.2 Å². The van der Waals surface area contributed by atoms with E-state index in [1.165, 1.54) is 0 Å². The molecule has 4 heteroatoms. The van der Waals surface area contributed by atoms with Crippen molar-refractivity contribution in [2.75, 3.05) is 18.9 Å². The van der Waals surface area contributed by atoms with Crippen molar-refractivity contribution in [1.82, 2.24) is 4.98 Å². The first-order valence-electron chi connectivity index (χ1n) is 4.76. The van der Waals surface area contributed by atoms with E-state index in [2.05, 4.69) is 4.98 Å². The summed E-state index contributed by atoms with van der Waals surface area (Å²) in [4.78, 5) is 3.91. The van der Waals surface area contributed by atoms with Crippen LogP contribution in [0.3, 0.4) is 0 Å². The zero-order valence-electron chi connectivity index (χ0n) is 8.44. The summed E-state index contributed by atoms with van der Waals surface area (Å²) >= 11 is 0. The smallest absolute Gasteiger partial charge is 0.123 e. The summed E-state index contributed by atoms with van der Waals surface area (Å²) in [6, 6.07) is 3.78. The Hall–Kier alpha value is -1.13. The van der Waals surface area contributed by atoms with Gasteiger partial charge in [-0.05, 0) is 31.0 Å². The fourth-order valence-corrected chi connectivity index (χ4v) is 1.25. The molecule has 1 unspecified atom stereocenters. The summed E-state index contributed by atoms with van der Waals surface area (Å²) in [6.07, 6.45) is 2.46. The molecule has 0 aliphatic rings. The number of hydrogen-bond acceptors (Lipinski definition) is 4. The second kappa shape index (κ2) is 5.57. The van der Waals surface area contributed by atoms with E-state index in [1.807, 2.05) is 19.1 Å². The maximum atomic E-state index is 5.86. The van der Waals surface area contributed by atoms with Crippen LogP contribution in [0, 0.1) is 0 Å². The number of nitrogen functional groups attached to an aromatic ring is 1. The highest BCUT2D eigenvalue weighted by Gasteiger charge is 2.04. The van der Waals surface area contributed by atoms with Gasteiger partial charge in [0.2, 0.25) is 0 Å². The molecule has 1 aromatic heterocycles. The van der Waals surface area contributed by atoms with Gasteiger partial charge in [-0.2, -0.15) is 0 Å². The number of anilines is 1. The number of nitrogens with zero attached hydrogens (tertiary/aromatic N) is 1. The Morgan fingerprint density at radius 3 is 3.00 bits per heavy atom. The van der Waals surface area contributed by atoms with Crippen molar-refractivity contribution >= 4 is 5.82 Å². The van der Waals surface area contributed by atoms with Gasteiger partial charge < -0.3 is 16.2 Å². The molecular formula is C10H17N3O. The molecule has 1 rings (SSSR count). The van der Waals surface area contributed by atoms with Crippen molar-refractivity contribution in [3.8, 4) is 0 Å². The van der Waals surface area contributed by atoms with Gasteiger partial charge in [0.15, 0.2) is 0 Å². The van der Waals surface area contributed by atoms with Gasteiger partial charge in [-0.1, -0.05) is 0 Å². The van der Waals surface area contributed by atoms with Crippen molar-refractivity contribution in [2.24, 2.45) is 5.73 Å². The van der Waals surface area contributed by atoms with E-state index in [-0.39, 0.29) is 6.04 Å². The van der Waals surface area contributed by atoms with E-state index in [1.54, 1.807) is 6.20 Å². The van der Waals surface area contributed by atoms with Crippen LogP contribution in [0.2, 0.25) is 0 Å². The number of rotatable bonds is 5. The van der Waals surface area contributed by atoms with Crippen LogP contribution in [0.4, 0.5) is 5.82 Å². The Bertz CT molecular complexity index is 278. The van der Waals surface area contributed by atoms with Crippen LogP contribution in [-0.2, 0) is 11.2 Å². The minimum absolute atomic E-state index is 0.0248. The van der Waals surface area contributed by atoms with Crippen molar-refractivity contribution < 1.29 is 4.74 Å². The molecule has 0 bridgehead atoms. The fourth-order valence-electron chi connectivity index (χ4n) is 1.25. The van der Waals surface area contributed by atoms with Crippen molar-refractivity contribution in [3.63, 3.8) is 0 Å². The molecule has 78 valence electrons. The summed E-state index contributed by atoms with van der Waals surface area (Å²) < 4.78 is 5.23. The van der Waals surface area contributed by atoms with Gasteiger partial charge in [0, 0.05) is 18.8 Å². The van der Waals surface area contributed by atoms with Crippen molar-refractivity contribution in [1.29, 1.82) is 0 Å². The molecule has 0 amide bonds. The third-order valence-corrected chi connectivity index (χ3v) is 1.88. The topological polar surface area (TPSA) is 74.2 Å². The highest BCUT2D eigenvalue weighted by Crippen LogP contribution is 2.05. The standard InChI is InChI=1S/C10H17N3O/c1-2-14-7-9(11)5-8-3-4-13-10(12)6-8/h3-4,6,9H,2,5,7,11H2,1H3,(H2,12,13). The Balaban J connectivity index is 2.43. The summed E-state index contributed by atoms with van der Waals surface area (Å²) in [5, 5.41) is 0. The number of hydrogen-bond donors (Lipinski definition) is 2. The average Bonchev–Trinajstić information content (AvgIpc) is 2.15. The first-order chi connectivity index (χ1) is 6.72. The molecule has 0 aliphatic carbocycles. The predicted molar refractivity (Wildman–Crippen MR) is 56.8 cm³/mol. The first kappa shape index (κ1) is 10.9. The molecule has 4 N–H and O–H groups in total. The molecule has 0 saturated heterocycles. The maximum Gasteiger partial charge on any atom is 0.123 e. The molecule has 0 fully saturated rings. The molecule has 0 radical (unpaired) electrons. The third kappa shape index (κ3) is 3.72. The zero-order valence-corrected chi connectivity index (χ0v) is 8.44. The summed E-state index contributed by atoms with van der Waals surface area (Å²) in [5.74, 6) is 0.533. The summed E-state index contributed by atoms with van der Waals surface area (Å²) in [7, 11) is 0. The SMILES string of the molecule is CCOCC(N)Cc1ccnc(N)c1. The van der Waals surface area contributed by atoms with E-state index in [0.717, 1.165) is 12.0 Å². The van der Waals surface area contributed by atoms with Gasteiger partial charge >= 0.3 is 0 Å².